The van der Waals surface area contributed by atoms with Crippen LogP contribution in [-0.2, 0) is 22.7 Å². The summed E-state index contributed by atoms with van der Waals surface area (Å²) in [5.74, 6) is 0.496. The fourth-order valence-corrected chi connectivity index (χ4v) is 3.98. The summed E-state index contributed by atoms with van der Waals surface area (Å²) >= 11 is 0. The zero-order valence-corrected chi connectivity index (χ0v) is 20.2. The van der Waals surface area contributed by atoms with Gasteiger partial charge in [-0.25, -0.2) is 4.79 Å². The molecule has 2 N–H and O–H groups in total. The van der Waals surface area contributed by atoms with E-state index >= 15 is 0 Å². The fraction of sp³-hybridized carbons (Fsp3) is 0.222. The second-order valence-electron chi connectivity index (χ2n) is 8.17. The summed E-state index contributed by atoms with van der Waals surface area (Å²) in [5.41, 5.74) is 2.85. The molecule has 9 nitrogen and oxygen atoms in total. The number of hydrogen-bond acceptors (Lipinski definition) is 5. The van der Waals surface area contributed by atoms with Crippen molar-refractivity contribution in [3.05, 3.63) is 83.9 Å². The van der Waals surface area contributed by atoms with Crippen molar-refractivity contribution in [3.8, 4) is 11.5 Å². The first-order chi connectivity index (χ1) is 17.5. The molecular formula is C27H28N4O5. The summed E-state index contributed by atoms with van der Waals surface area (Å²) in [6.07, 6.45) is 0. The van der Waals surface area contributed by atoms with Crippen LogP contribution in [0.1, 0.15) is 11.1 Å². The number of rotatable bonds is 8. The number of amides is 4. The average Bonchev–Trinajstić information content (AvgIpc) is 2.92. The smallest absolute Gasteiger partial charge is 0.322 e. The van der Waals surface area contributed by atoms with Crippen molar-refractivity contribution in [2.75, 3.05) is 37.1 Å². The molecule has 1 aliphatic rings. The maximum absolute atomic E-state index is 13.0. The van der Waals surface area contributed by atoms with Gasteiger partial charge in [0, 0.05) is 13.1 Å². The number of para-hydroxylation sites is 2. The van der Waals surface area contributed by atoms with Gasteiger partial charge in [0.05, 0.1) is 25.6 Å². The Morgan fingerprint density at radius 1 is 0.806 bits per heavy atom. The predicted octanol–water partition coefficient (Wildman–Crippen LogP) is 3.08. The summed E-state index contributed by atoms with van der Waals surface area (Å²) in [6.45, 7) is 0.273. The van der Waals surface area contributed by atoms with Gasteiger partial charge in [-0.3, -0.25) is 19.4 Å². The molecule has 1 heterocycles. The quantitative estimate of drug-likeness (QED) is 0.508. The van der Waals surface area contributed by atoms with Crippen LogP contribution in [0.2, 0.25) is 0 Å². The lowest BCUT2D eigenvalue weighted by atomic mass is 10.1. The van der Waals surface area contributed by atoms with Crippen LogP contribution in [0, 0.1) is 0 Å². The number of carbonyl (C=O) groups excluding carboxylic acids is 3. The zero-order chi connectivity index (χ0) is 25.5. The molecule has 4 rings (SSSR count). The Kier molecular flexibility index (Phi) is 7.69. The molecule has 0 aromatic heterocycles. The molecule has 186 valence electrons. The first kappa shape index (κ1) is 24.6. The van der Waals surface area contributed by atoms with Gasteiger partial charge in [-0.2, -0.15) is 0 Å². The first-order valence-corrected chi connectivity index (χ1v) is 11.5. The third-order valence-corrected chi connectivity index (χ3v) is 5.83. The number of fused-ring (bicyclic) bond motifs is 1. The first-order valence-electron chi connectivity index (χ1n) is 11.5. The molecule has 1 aliphatic heterocycles. The molecular weight excluding hydrogens is 460 g/mol. The molecule has 0 atom stereocenters. The normalized spacial score (nSPS) is 12.6. The Hall–Kier alpha value is -4.53. The van der Waals surface area contributed by atoms with Gasteiger partial charge in [-0.15, -0.1) is 0 Å². The topological polar surface area (TPSA) is 100 Å². The van der Waals surface area contributed by atoms with Gasteiger partial charge in [-0.1, -0.05) is 48.5 Å². The lowest BCUT2D eigenvalue weighted by Crippen LogP contribution is -2.53. The number of nitrogens with one attached hydrogen (secondary N) is 2. The highest BCUT2D eigenvalue weighted by molar-refractivity contribution is 6.12. The van der Waals surface area contributed by atoms with E-state index in [1.807, 2.05) is 36.4 Å². The van der Waals surface area contributed by atoms with Crippen molar-refractivity contribution in [2.45, 2.75) is 13.1 Å². The predicted molar refractivity (Wildman–Crippen MR) is 136 cm³/mol. The van der Waals surface area contributed by atoms with E-state index in [9.17, 15) is 14.4 Å². The van der Waals surface area contributed by atoms with Crippen LogP contribution >= 0.6 is 0 Å². The van der Waals surface area contributed by atoms with Crippen molar-refractivity contribution in [3.63, 3.8) is 0 Å². The van der Waals surface area contributed by atoms with Crippen molar-refractivity contribution in [2.24, 2.45) is 0 Å². The minimum absolute atomic E-state index is 0.164. The molecule has 0 saturated heterocycles. The number of benzene rings is 3. The Balaban J connectivity index is 1.41. The van der Waals surface area contributed by atoms with E-state index in [0.717, 1.165) is 11.1 Å². The monoisotopic (exact) mass is 488 g/mol. The third kappa shape index (κ3) is 5.57. The van der Waals surface area contributed by atoms with Crippen LogP contribution in [0.25, 0.3) is 0 Å². The molecule has 9 heteroatoms. The molecule has 0 bridgehead atoms. The molecule has 0 fully saturated rings. The van der Waals surface area contributed by atoms with Gasteiger partial charge >= 0.3 is 6.03 Å². The van der Waals surface area contributed by atoms with Crippen LogP contribution in [0.15, 0.2) is 72.8 Å². The van der Waals surface area contributed by atoms with E-state index in [-0.39, 0.29) is 37.5 Å². The van der Waals surface area contributed by atoms with Crippen molar-refractivity contribution < 1.29 is 23.9 Å². The van der Waals surface area contributed by atoms with Crippen LogP contribution in [0.5, 0.6) is 11.5 Å². The molecule has 0 radical (unpaired) electrons. The van der Waals surface area contributed by atoms with Gasteiger partial charge in [0.2, 0.25) is 11.8 Å². The molecule has 0 unspecified atom stereocenters. The van der Waals surface area contributed by atoms with E-state index in [1.165, 1.54) is 9.80 Å². The van der Waals surface area contributed by atoms with Crippen LogP contribution in [0.4, 0.5) is 16.2 Å². The van der Waals surface area contributed by atoms with Gasteiger partial charge < -0.3 is 20.1 Å². The number of carbonyl (C=O) groups is 3. The van der Waals surface area contributed by atoms with E-state index in [1.54, 1.807) is 50.6 Å². The molecule has 0 spiro atoms. The zero-order valence-electron chi connectivity index (χ0n) is 20.2. The number of nitrogens with zero attached hydrogens (tertiary/aromatic N) is 2. The number of hydrogen-bond donors (Lipinski definition) is 2. The number of anilines is 2. The molecule has 3 aromatic rings. The number of methoxy groups -OCH3 is 2. The van der Waals surface area contributed by atoms with Crippen molar-refractivity contribution in [1.82, 2.24) is 10.6 Å². The average molecular weight is 489 g/mol. The van der Waals surface area contributed by atoms with Crippen molar-refractivity contribution in [1.29, 1.82) is 0 Å². The summed E-state index contributed by atoms with van der Waals surface area (Å²) in [4.78, 5) is 41.5. The highest BCUT2D eigenvalue weighted by Gasteiger charge is 2.33. The second-order valence-corrected chi connectivity index (χ2v) is 8.17. The Morgan fingerprint density at radius 2 is 1.47 bits per heavy atom. The minimum atomic E-state index is -0.378. The Bertz CT molecular complexity index is 1250. The fourth-order valence-electron chi connectivity index (χ4n) is 3.98. The lowest BCUT2D eigenvalue weighted by Gasteiger charge is -2.35. The van der Waals surface area contributed by atoms with E-state index in [4.69, 9.17) is 9.47 Å². The highest BCUT2D eigenvalue weighted by Crippen LogP contribution is 2.33. The standard InChI is InChI=1S/C27H28N4O5/c1-35-23-13-12-20(14-24(23)36-2)16-28-25(32)17-30-21-10-6-7-11-22(21)31(18-26(30)33)27(34)29-15-19-8-4-3-5-9-19/h3-14H,15-18H2,1-2H3,(H,28,32)(H,29,34). The second kappa shape index (κ2) is 11.3. The summed E-state index contributed by atoms with van der Waals surface area (Å²) in [7, 11) is 3.10. The number of ether oxygens (including phenoxy) is 2. The van der Waals surface area contributed by atoms with Crippen LogP contribution in [0.3, 0.4) is 0 Å². The maximum atomic E-state index is 13.0. The molecule has 4 amide bonds. The van der Waals surface area contributed by atoms with Gasteiger partial charge in [0.1, 0.15) is 13.1 Å². The third-order valence-electron chi connectivity index (χ3n) is 5.83. The van der Waals surface area contributed by atoms with E-state index in [2.05, 4.69) is 10.6 Å². The van der Waals surface area contributed by atoms with Gasteiger partial charge in [-0.05, 0) is 35.4 Å². The van der Waals surface area contributed by atoms with Crippen LogP contribution < -0.4 is 29.9 Å². The van der Waals surface area contributed by atoms with Gasteiger partial charge in [0.15, 0.2) is 11.5 Å². The van der Waals surface area contributed by atoms with Crippen molar-refractivity contribution >= 4 is 29.2 Å². The minimum Gasteiger partial charge on any atom is -0.493 e. The highest BCUT2D eigenvalue weighted by atomic mass is 16.5. The van der Waals surface area contributed by atoms with Crippen LogP contribution in [-0.4, -0.2) is 45.2 Å². The molecule has 36 heavy (non-hydrogen) atoms. The largest absolute Gasteiger partial charge is 0.493 e. The number of urea groups is 1. The SMILES string of the molecule is COc1ccc(CNC(=O)CN2C(=O)CN(C(=O)NCc3ccccc3)c3ccccc32)cc1OC. The van der Waals surface area contributed by atoms with E-state index < -0.39 is 0 Å². The van der Waals surface area contributed by atoms with Gasteiger partial charge in [0.25, 0.3) is 0 Å². The summed E-state index contributed by atoms with van der Waals surface area (Å²) in [6, 6.07) is 21.6. The Morgan fingerprint density at radius 3 is 2.19 bits per heavy atom. The molecule has 3 aromatic carbocycles. The Labute approximate surface area is 209 Å². The lowest BCUT2D eigenvalue weighted by molar-refractivity contribution is -0.123. The summed E-state index contributed by atoms with van der Waals surface area (Å²) in [5, 5.41) is 5.70. The summed E-state index contributed by atoms with van der Waals surface area (Å²) < 4.78 is 10.5. The van der Waals surface area contributed by atoms with E-state index in [0.29, 0.717) is 29.4 Å². The molecule has 0 aliphatic carbocycles. The maximum Gasteiger partial charge on any atom is 0.322 e. The molecule has 0 saturated carbocycles.